The fourth-order valence-corrected chi connectivity index (χ4v) is 2.90. The lowest BCUT2D eigenvalue weighted by atomic mass is 10.1. The Morgan fingerprint density at radius 1 is 1.14 bits per heavy atom. The van der Waals surface area contributed by atoms with E-state index < -0.39 is 0 Å². The zero-order valence-electron chi connectivity index (χ0n) is 11.8. The number of ether oxygens (including phenoxy) is 1. The maximum Gasteiger partial charge on any atom is 0.228 e. The molecule has 0 bridgehead atoms. The van der Waals surface area contributed by atoms with Gasteiger partial charge in [-0.15, -0.1) is 0 Å². The van der Waals surface area contributed by atoms with E-state index in [2.05, 4.69) is 43.3 Å². The Hall–Kier alpha value is -1.66. The first kappa shape index (κ1) is 14.3. The number of anilines is 2. The lowest BCUT2D eigenvalue weighted by Gasteiger charge is -2.27. The van der Waals surface area contributed by atoms with Gasteiger partial charge >= 0.3 is 0 Å². The summed E-state index contributed by atoms with van der Waals surface area (Å²) in [4.78, 5) is 11.5. The van der Waals surface area contributed by atoms with Crippen LogP contribution in [0.2, 0.25) is 0 Å². The predicted octanol–water partition coefficient (Wildman–Crippen LogP) is 2.78. The Morgan fingerprint density at radius 3 is 2.52 bits per heavy atom. The van der Waals surface area contributed by atoms with E-state index in [0.717, 1.165) is 53.8 Å². The van der Waals surface area contributed by atoms with Gasteiger partial charge < -0.3 is 15.0 Å². The average molecular weight is 349 g/mol. The molecule has 5 nitrogen and oxygen atoms in total. The molecule has 1 saturated heterocycles. The molecule has 1 aliphatic heterocycles. The molecule has 0 radical (unpaired) electrons. The van der Waals surface area contributed by atoms with Gasteiger partial charge in [0.05, 0.1) is 23.4 Å². The highest BCUT2D eigenvalue weighted by Gasteiger charge is 2.19. The Bertz CT molecular complexity index is 615. The SMILES string of the molecule is CNc1nc(N2CCOCC2)nc(-c2ccccc2)c1Br. The van der Waals surface area contributed by atoms with Crippen molar-refractivity contribution in [2.24, 2.45) is 0 Å². The van der Waals surface area contributed by atoms with Crippen molar-refractivity contribution in [3.05, 3.63) is 34.8 Å². The number of nitrogens with one attached hydrogen (secondary N) is 1. The predicted molar refractivity (Wildman–Crippen MR) is 87.7 cm³/mol. The molecule has 21 heavy (non-hydrogen) atoms. The van der Waals surface area contributed by atoms with Crippen LogP contribution in [-0.4, -0.2) is 43.3 Å². The van der Waals surface area contributed by atoms with Crippen molar-refractivity contribution in [2.45, 2.75) is 0 Å². The van der Waals surface area contributed by atoms with Gasteiger partial charge in [-0.3, -0.25) is 0 Å². The molecule has 1 aromatic heterocycles. The summed E-state index contributed by atoms with van der Waals surface area (Å²) in [6, 6.07) is 10.1. The highest BCUT2D eigenvalue weighted by molar-refractivity contribution is 9.10. The van der Waals surface area contributed by atoms with Crippen LogP contribution in [0.5, 0.6) is 0 Å². The second-order valence-electron chi connectivity index (χ2n) is 4.75. The van der Waals surface area contributed by atoms with Crippen LogP contribution in [0.3, 0.4) is 0 Å². The average Bonchev–Trinajstić information content (AvgIpc) is 2.56. The Balaban J connectivity index is 2.06. The molecule has 0 saturated carbocycles. The minimum Gasteiger partial charge on any atom is -0.378 e. The highest BCUT2D eigenvalue weighted by atomic mass is 79.9. The molecule has 1 N–H and O–H groups in total. The van der Waals surface area contributed by atoms with E-state index in [1.807, 2.05) is 25.2 Å². The van der Waals surface area contributed by atoms with Gasteiger partial charge in [0, 0.05) is 25.7 Å². The van der Waals surface area contributed by atoms with Crippen LogP contribution in [0.15, 0.2) is 34.8 Å². The maximum atomic E-state index is 5.39. The van der Waals surface area contributed by atoms with E-state index in [1.165, 1.54) is 0 Å². The third-order valence-corrected chi connectivity index (χ3v) is 4.17. The molecule has 0 aliphatic carbocycles. The van der Waals surface area contributed by atoms with E-state index in [4.69, 9.17) is 9.72 Å². The third kappa shape index (κ3) is 3.01. The third-order valence-electron chi connectivity index (χ3n) is 3.42. The van der Waals surface area contributed by atoms with Crippen molar-refractivity contribution in [1.82, 2.24) is 9.97 Å². The molecule has 1 aromatic carbocycles. The Kier molecular flexibility index (Phi) is 4.36. The van der Waals surface area contributed by atoms with Gasteiger partial charge in [-0.05, 0) is 15.9 Å². The molecule has 110 valence electrons. The van der Waals surface area contributed by atoms with Crippen molar-refractivity contribution in [3.8, 4) is 11.3 Å². The van der Waals surface area contributed by atoms with E-state index in [9.17, 15) is 0 Å². The lowest BCUT2D eigenvalue weighted by molar-refractivity contribution is 0.122. The summed E-state index contributed by atoms with van der Waals surface area (Å²) in [7, 11) is 1.87. The Labute approximate surface area is 132 Å². The fraction of sp³-hybridized carbons (Fsp3) is 0.333. The molecule has 1 aliphatic rings. The summed E-state index contributed by atoms with van der Waals surface area (Å²) >= 11 is 3.61. The minimum absolute atomic E-state index is 0.717. The van der Waals surface area contributed by atoms with E-state index >= 15 is 0 Å². The lowest BCUT2D eigenvalue weighted by Crippen LogP contribution is -2.37. The largest absolute Gasteiger partial charge is 0.378 e. The van der Waals surface area contributed by atoms with E-state index in [-0.39, 0.29) is 0 Å². The summed E-state index contributed by atoms with van der Waals surface area (Å²) in [5.74, 6) is 1.54. The molecule has 1 fully saturated rings. The molecule has 0 spiro atoms. The zero-order chi connectivity index (χ0) is 14.7. The second kappa shape index (κ2) is 6.41. The molecule has 3 rings (SSSR count). The first-order valence-corrected chi connectivity index (χ1v) is 7.72. The summed E-state index contributed by atoms with van der Waals surface area (Å²) in [5, 5.41) is 3.13. The van der Waals surface area contributed by atoms with Crippen LogP contribution in [0, 0.1) is 0 Å². The van der Waals surface area contributed by atoms with Crippen molar-refractivity contribution in [3.63, 3.8) is 0 Å². The number of halogens is 1. The van der Waals surface area contributed by atoms with Gasteiger partial charge in [0.25, 0.3) is 0 Å². The number of nitrogens with zero attached hydrogens (tertiary/aromatic N) is 3. The topological polar surface area (TPSA) is 50.3 Å². The molecule has 2 aromatic rings. The van der Waals surface area contributed by atoms with Gasteiger partial charge in [-0.1, -0.05) is 30.3 Å². The molecule has 2 heterocycles. The van der Waals surface area contributed by atoms with Crippen molar-refractivity contribution in [1.29, 1.82) is 0 Å². The molecule has 0 unspecified atom stereocenters. The normalized spacial score (nSPS) is 15.0. The summed E-state index contributed by atoms with van der Waals surface area (Å²) in [6.07, 6.45) is 0. The quantitative estimate of drug-likeness (QED) is 0.924. The monoisotopic (exact) mass is 348 g/mol. The van der Waals surface area contributed by atoms with Crippen LogP contribution in [0.1, 0.15) is 0 Å². The van der Waals surface area contributed by atoms with E-state index in [1.54, 1.807) is 0 Å². The standard InChI is InChI=1S/C15H17BrN4O/c1-17-14-12(16)13(11-5-3-2-4-6-11)18-15(19-14)20-7-9-21-10-8-20/h2-6H,7-10H2,1H3,(H,17,18,19). The van der Waals surface area contributed by atoms with Crippen molar-refractivity contribution >= 4 is 27.7 Å². The second-order valence-corrected chi connectivity index (χ2v) is 5.54. The number of benzene rings is 1. The first-order valence-electron chi connectivity index (χ1n) is 6.93. The molecular formula is C15H17BrN4O. The molecule has 0 atom stereocenters. The van der Waals surface area contributed by atoms with Crippen LogP contribution >= 0.6 is 15.9 Å². The molecule has 6 heteroatoms. The number of hydrogen-bond acceptors (Lipinski definition) is 5. The van der Waals surface area contributed by atoms with Crippen molar-refractivity contribution < 1.29 is 4.74 Å². The number of morpholine rings is 1. The fourth-order valence-electron chi connectivity index (χ4n) is 2.29. The number of hydrogen-bond donors (Lipinski definition) is 1. The highest BCUT2D eigenvalue weighted by Crippen LogP contribution is 2.33. The van der Waals surface area contributed by atoms with E-state index in [0.29, 0.717) is 0 Å². The van der Waals surface area contributed by atoms with Gasteiger partial charge in [0.15, 0.2) is 0 Å². The number of aromatic nitrogens is 2. The molecule has 0 amide bonds. The minimum atomic E-state index is 0.717. The smallest absolute Gasteiger partial charge is 0.228 e. The van der Waals surface area contributed by atoms with Crippen LogP contribution < -0.4 is 10.2 Å². The van der Waals surface area contributed by atoms with Gasteiger partial charge in [0.2, 0.25) is 5.95 Å². The molecular weight excluding hydrogens is 332 g/mol. The van der Waals surface area contributed by atoms with Gasteiger partial charge in [0.1, 0.15) is 5.82 Å². The Morgan fingerprint density at radius 2 is 1.86 bits per heavy atom. The van der Waals surface area contributed by atoms with Crippen LogP contribution in [-0.2, 0) is 4.74 Å². The summed E-state index contributed by atoms with van der Waals surface area (Å²) in [5.41, 5.74) is 1.97. The van der Waals surface area contributed by atoms with Gasteiger partial charge in [-0.25, -0.2) is 4.98 Å². The first-order chi connectivity index (χ1) is 10.3. The summed E-state index contributed by atoms with van der Waals surface area (Å²) in [6.45, 7) is 3.07. The number of rotatable bonds is 3. The zero-order valence-corrected chi connectivity index (χ0v) is 13.4. The van der Waals surface area contributed by atoms with Crippen LogP contribution in [0.4, 0.5) is 11.8 Å². The van der Waals surface area contributed by atoms with Crippen molar-refractivity contribution in [2.75, 3.05) is 43.6 Å². The summed E-state index contributed by atoms with van der Waals surface area (Å²) < 4.78 is 6.28. The van der Waals surface area contributed by atoms with Crippen LogP contribution in [0.25, 0.3) is 11.3 Å². The van der Waals surface area contributed by atoms with Gasteiger partial charge in [-0.2, -0.15) is 4.98 Å². The maximum absolute atomic E-state index is 5.39.